The third-order valence-electron chi connectivity index (χ3n) is 12.7. The molecule has 3 saturated carbocycles. The Morgan fingerprint density at radius 2 is 1.67 bits per heavy atom. The van der Waals surface area contributed by atoms with Gasteiger partial charge in [0.2, 0.25) is 0 Å². The van der Waals surface area contributed by atoms with Gasteiger partial charge in [-0.05, 0) is 137 Å². The van der Waals surface area contributed by atoms with Crippen molar-refractivity contribution in [2.75, 3.05) is 0 Å². The van der Waals surface area contributed by atoms with Crippen molar-refractivity contribution < 1.29 is 14.6 Å². The predicted octanol–water partition coefficient (Wildman–Crippen LogP) is 11.3. The highest BCUT2D eigenvalue weighted by atomic mass is 16.5. The maximum atomic E-state index is 10.6. The number of fused-ring (bicyclic) bond motifs is 5. The zero-order chi connectivity index (χ0) is 31.0. The van der Waals surface area contributed by atoms with Crippen LogP contribution in [0.3, 0.4) is 0 Å². The van der Waals surface area contributed by atoms with Gasteiger partial charge < -0.3 is 9.84 Å². The van der Waals surface area contributed by atoms with Gasteiger partial charge in [-0.25, -0.2) is 0 Å². The van der Waals surface area contributed by atoms with E-state index in [1.165, 1.54) is 64.2 Å². The summed E-state index contributed by atoms with van der Waals surface area (Å²) in [5.41, 5.74) is 2.71. The lowest BCUT2D eigenvalue weighted by atomic mass is 9.47. The third kappa shape index (κ3) is 8.68. The maximum absolute atomic E-state index is 10.6. The maximum Gasteiger partial charge on any atom is 0.303 e. The van der Waals surface area contributed by atoms with Gasteiger partial charge in [0.1, 0.15) is 0 Å². The topological polar surface area (TPSA) is 46.5 Å². The molecule has 0 aromatic rings. The van der Waals surface area contributed by atoms with Crippen molar-refractivity contribution in [1.82, 2.24) is 0 Å². The quantitative estimate of drug-likeness (QED) is 0.143. The number of carboxylic acid groups (broad SMARTS) is 1. The molecule has 0 saturated heterocycles. The smallest absolute Gasteiger partial charge is 0.303 e. The molecule has 43 heavy (non-hydrogen) atoms. The molecule has 0 heterocycles. The molecule has 0 bridgehead atoms. The Morgan fingerprint density at radius 3 is 2.42 bits per heavy atom. The molecule has 1 unspecified atom stereocenters. The van der Waals surface area contributed by atoms with E-state index in [1.54, 1.807) is 5.57 Å². The molecule has 3 fully saturated rings. The van der Waals surface area contributed by atoms with Gasteiger partial charge in [-0.15, -0.1) is 0 Å². The van der Waals surface area contributed by atoms with Gasteiger partial charge in [-0.3, -0.25) is 4.79 Å². The second kappa shape index (κ2) is 15.8. The molecule has 9 atom stereocenters. The number of carbonyl (C=O) groups is 1. The Balaban J connectivity index is 1.23. The molecule has 4 rings (SSSR count). The average Bonchev–Trinajstić information content (AvgIpc) is 3.31. The van der Waals surface area contributed by atoms with E-state index >= 15 is 0 Å². The molecule has 0 aliphatic heterocycles. The van der Waals surface area contributed by atoms with Crippen LogP contribution in [0, 0.1) is 46.3 Å². The molecule has 244 valence electrons. The number of unbranched alkanes of at least 4 members (excludes halogenated alkanes) is 2. The number of rotatable bonds is 16. The summed E-state index contributed by atoms with van der Waals surface area (Å²) in [5, 5.41) is 8.70. The first kappa shape index (κ1) is 34.5. The summed E-state index contributed by atoms with van der Waals surface area (Å²) < 4.78 is 6.63. The fraction of sp³-hybridized carbons (Fsp3) is 0.825. The lowest BCUT2D eigenvalue weighted by Crippen LogP contribution is -2.51. The van der Waals surface area contributed by atoms with Crippen molar-refractivity contribution in [2.45, 2.75) is 163 Å². The SMILES string of the molecule is CC(C)CCC[C@@H](C)[C@H]1CC[C@H]2[C@@H]3CC=C4C[C@@H](OC(C)C/C=C\CC/C=C\CCCC(=O)O)CC[C@]4(C)[C@H]3CC[C@]12C. The lowest BCUT2D eigenvalue weighted by Gasteiger charge is -2.58. The minimum atomic E-state index is -0.703. The summed E-state index contributed by atoms with van der Waals surface area (Å²) >= 11 is 0. The molecule has 0 radical (unpaired) electrons. The Morgan fingerprint density at radius 1 is 0.930 bits per heavy atom. The summed E-state index contributed by atoms with van der Waals surface area (Å²) in [5.74, 6) is 4.69. The van der Waals surface area contributed by atoms with Gasteiger partial charge in [0.05, 0.1) is 12.2 Å². The molecule has 0 amide bonds. The molecule has 3 nitrogen and oxygen atoms in total. The lowest BCUT2D eigenvalue weighted by molar-refractivity contribution is -0.137. The van der Waals surface area contributed by atoms with Crippen LogP contribution in [0.25, 0.3) is 0 Å². The minimum Gasteiger partial charge on any atom is -0.481 e. The molecule has 4 aliphatic carbocycles. The van der Waals surface area contributed by atoms with Crippen LogP contribution in [-0.4, -0.2) is 23.3 Å². The standard InChI is InChI=1S/C40H66O3/c1-29(2)16-15-17-30(3)35-22-23-36-34-21-20-32-28-33(24-26-39(32,5)37(34)25-27-40(35,36)6)43-31(4)18-13-11-9-7-8-10-12-14-19-38(41)42/h8,10-11,13,20,29-31,33-37H,7,9,12,14-19,21-28H2,1-6H3,(H,41,42)/b10-8-,13-11-/t30-,31?,33+,34+,35-,36+,37+,39+,40-/m1/s1. The summed E-state index contributed by atoms with van der Waals surface area (Å²) in [6.07, 6.45) is 32.2. The molecular formula is C40H66O3. The van der Waals surface area contributed by atoms with Crippen LogP contribution in [0.2, 0.25) is 0 Å². The molecule has 3 heteroatoms. The first-order valence-corrected chi connectivity index (χ1v) is 18.4. The highest BCUT2D eigenvalue weighted by Crippen LogP contribution is 2.67. The number of allylic oxidation sites excluding steroid dienone is 4. The molecule has 4 aliphatic rings. The molecule has 0 spiro atoms. The number of carboxylic acids is 1. The summed E-state index contributed by atoms with van der Waals surface area (Å²) in [7, 11) is 0. The van der Waals surface area contributed by atoms with E-state index in [1.807, 2.05) is 0 Å². The number of ether oxygens (including phenoxy) is 1. The van der Waals surface area contributed by atoms with Crippen molar-refractivity contribution in [3.8, 4) is 0 Å². The molecular weight excluding hydrogens is 528 g/mol. The van der Waals surface area contributed by atoms with Crippen LogP contribution >= 0.6 is 0 Å². The van der Waals surface area contributed by atoms with Crippen molar-refractivity contribution in [3.05, 3.63) is 36.0 Å². The van der Waals surface area contributed by atoms with E-state index in [-0.39, 0.29) is 12.5 Å². The zero-order valence-corrected chi connectivity index (χ0v) is 28.8. The van der Waals surface area contributed by atoms with E-state index in [0.717, 1.165) is 74.0 Å². The van der Waals surface area contributed by atoms with Gasteiger partial charge in [0.25, 0.3) is 0 Å². The number of aliphatic carboxylic acids is 1. The first-order chi connectivity index (χ1) is 20.5. The Labute approximate surface area is 265 Å². The predicted molar refractivity (Wildman–Crippen MR) is 181 cm³/mol. The number of hydrogen-bond donors (Lipinski definition) is 1. The summed E-state index contributed by atoms with van der Waals surface area (Å²) in [4.78, 5) is 10.6. The van der Waals surface area contributed by atoms with Crippen LogP contribution in [0.15, 0.2) is 36.0 Å². The molecule has 0 aromatic heterocycles. The third-order valence-corrected chi connectivity index (χ3v) is 12.7. The van der Waals surface area contributed by atoms with E-state index < -0.39 is 5.97 Å². The van der Waals surface area contributed by atoms with Crippen LogP contribution in [0.4, 0.5) is 0 Å². The summed E-state index contributed by atoms with van der Waals surface area (Å²) in [6, 6.07) is 0. The van der Waals surface area contributed by atoms with Crippen LogP contribution in [0.1, 0.15) is 151 Å². The van der Waals surface area contributed by atoms with Gasteiger partial charge in [-0.1, -0.05) is 89.8 Å². The van der Waals surface area contributed by atoms with E-state index in [9.17, 15) is 4.79 Å². The average molecular weight is 595 g/mol. The van der Waals surface area contributed by atoms with Gasteiger partial charge in [0, 0.05) is 6.42 Å². The zero-order valence-electron chi connectivity index (χ0n) is 28.8. The molecule has 1 N–H and O–H groups in total. The van der Waals surface area contributed by atoms with Gasteiger partial charge >= 0.3 is 5.97 Å². The second-order valence-corrected chi connectivity index (χ2v) is 16.1. The normalized spacial score (nSPS) is 35.5. The van der Waals surface area contributed by atoms with Gasteiger partial charge in [-0.2, -0.15) is 0 Å². The Bertz CT molecular complexity index is 976. The second-order valence-electron chi connectivity index (χ2n) is 16.1. The van der Waals surface area contributed by atoms with Crippen molar-refractivity contribution >= 4 is 5.97 Å². The first-order valence-electron chi connectivity index (χ1n) is 18.4. The molecule has 0 aromatic carbocycles. The van der Waals surface area contributed by atoms with Crippen molar-refractivity contribution in [3.63, 3.8) is 0 Å². The fourth-order valence-corrected chi connectivity index (χ4v) is 10.4. The van der Waals surface area contributed by atoms with E-state index in [0.29, 0.717) is 16.9 Å². The Kier molecular flexibility index (Phi) is 12.7. The summed E-state index contributed by atoms with van der Waals surface area (Å²) in [6.45, 7) is 14.9. The number of hydrogen-bond acceptors (Lipinski definition) is 2. The largest absolute Gasteiger partial charge is 0.481 e. The van der Waals surface area contributed by atoms with Crippen molar-refractivity contribution in [1.29, 1.82) is 0 Å². The van der Waals surface area contributed by atoms with Gasteiger partial charge in [0.15, 0.2) is 0 Å². The monoisotopic (exact) mass is 595 g/mol. The fourth-order valence-electron chi connectivity index (χ4n) is 10.4. The highest BCUT2D eigenvalue weighted by molar-refractivity contribution is 5.66. The van der Waals surface area contributed by atoms with Crippen LogP contribution in [-0.2, 0) is 9.53 Å². The van der Waals surface area contributed by atoms with Crippen LogP contribution in [0.5, 0.6) is 0 Å². The van der Waals surface area contributed by atoms with Crippen molar-refractivity contribution in [2.24, 2.45) is 46.3 Å². The highest BCUT2D eigenvalue weighted by Gasteiger charge is 2.59. The van der Waals surface area contributed by atoms with E-state index in [4.69, 9.17) is 9.84 Å². The van der Waals surface area contributed by atoms with Crippen LogP contribution < -0.4 is 0 Å². The van der Waals surface area contributed by atoms with E-state index in [2.05, 4.69) is 71.9 Å². The minimum absolute atomic E-state index is 0.263. The Hall–Kier alpha value is -1.35.